The van der Waals surface area contributed by atoms with Crippen molar-refractivity contribution in [2.45, 2.75) is 46.2 Å². The zero-order chi connectivity index (χ0) is 13.4. The van der Waals surface area contributed by atoms with Crippen LogP contribution in [0.3, 0.4) is 0 Å². The second-order valence-electron chi connectivity index (χ2n) is 4.72. The van der Waals surface area contributed by atoms with Crippen molar-refractivity contribution in [3.63, 3.8) is 0 Å². The minimum Gasteiger partial charge on any atom is -0.493 e. The van der Waals surface area contributed by atoms with Gasteiger partial charge < -0.3 is 14.8 Å². The largest absolute Gasteiger partial charge is 0.493 e. The molecule has 0 aromatic heterocycles. The second-order valence-corrected chi connectivity index (χ2v) is 4.72. The van der Waals surface area contributed by atoms with E-state index in [0.29, 0.717) is 6.04 Å². The molecule has 18 heavy (non-hydrogen) atoms. The molecule has 0 radical (unpaired) electrons. The maximum Gasteiger partial charge on any atom is 0.161 e. The predicted octanol–water partition coefficient (Wildman–Crippen LogP) is 3.37. The van der Waals surface area contributed by atoms with Gasteiger partial charge in [0, 0.05) is 12.6 Å². The van der Waals surface area contributed by atoms with Crippen molar-refractivity contribution in [3.8, 4) is 11.5 Å². The Kier molecular flexibility index (Phi) is 6.58. The van der Waals surface area contributed by atoms with Crippen molar-refractivity contribution < 1.29 is 9.47 Å². The second kappa shape index (κ2) is 7.98. The Labute approximate surface area is 110 Å². The summed E-state index contributed by atoms with van der Waals surface area (Å²) in [4.78, 5) is 0. The normalized spacial score (nSPS) is 10.7. The highest BCUT2D eigenvalue weighted by atomic mass is 16.5. The van der Waals surface area contributed by atoms with Crippen molar-refractivity contribution in [1.29, 1.82) is 0 Å². The lowest BCUT2D eigenvalue weighted by atomic mass is 10.2. The molecule has 3 heteroatoms. The van der Waals surface area contributed by atoms with Gasteiger partial charge in [0.2, 0.25) is 0 Å². The molecule has 0 unspecified atom stereocenters. The van der Waals surface area contributed by atoms with Crippen LogP contribution in [0.4, 0.5) is 0 Å². The van der Waals surface area contributed by atoms with Gasteiger partial charge in [0.15, 0.2) is 11.5 Å². The van der Waals surface area contributed by atoms with Gasteiger partial charge >= 0.3 is 0 Å². The van der Waals surface area contributed by atoms with Gasteiger partial charge in [-0.1, -0.05) is 33.3 Å². The van der Waals surface area contributed by atoms with Gasteiger partial charge in [0.25, 0.3) is 0 Å². The Hall–Kier alpha value is -1.22. The Morgan fingerprint density at radius 3 is 2.61 bits per heavy atom. The standard InChI is InChI=1S/C15H25NO2/c1-5-6-9-18-14-8-7-13(10-15(14)17-4)11-16-12(2)3/h7-8,10,12,16H,5-6,9,11H2,1-4H3. The molecule has 1 aromatic rings. The number of methoxy groups -OCH3 is 1. The highest BCUT2D eigenvalue weighted by molar-refractivity contribution is 5.42. The van der Waals surface area contributed by atoms with Crippen LogP contribution in [0.1, 0.15) is 39.2 Å². The fraction of sp³-hybridized carbons (Fsp3) is 0.600. The average Bonchev–Trinajstić information content (AvgIpc) is 2.37. The van der Waals surface area contributed by atoms with Crippen LogP contribution >= 0.6 is 0 Å². The summed E-state index contributed by atoms with van der Waals surface area (Å²) in [6, 6.07) is 6.60. The molecule has 0 amide bonds. The Morgan fingerprint density at radius 1 is 1.22 bits per heavy atom. The molecule has 0 spiro atoms. The van der Waals surface area contributed by atoms with Crippen molar-refractivity contribution in [2.75, 3.05) is 13.7 Å². The molecule has 0 aliphatic carbocycles. The van der Waals surface area contributed by atoms with E-state index in [1.165, 1.54) is 5.56 Å². The van der Waals surface area contributed by atoms with E-state index in [2.05, 4.69) is 32.2 Å². The van der Waals surface area contributed by atoms with Crippen LogP contribution in [-0.4, -0.2) is 19.8 Å². The Morgan fingerprint density at radius 2 is 2.00 bits per heavy atom. The van der Waals surface area contributed by atoms with Crippen LogP contribution in [0.5, 0.6) is 11.5 Å². The molecule has 1 rings (SSSR count). The molecule has 0 saturated carbocycles. The highest BCUT2D eigenvalue weighted by Crippen LogP contribution is 2.28. The monoisotopic (exact) mass is 251 g/mol. The van der Waals surface area contributed by atoms with E-state index in [-0.39, 0.29) is 0 Å². The van der Waals surface area contributed by atoms with E-state index in [4.69, 9.17) is 9.47 Å². The summed E-state index contributed by atoms with van der Waals surface area (Å²) < 4.78 is 11.1. The summed E-state index contributed by atoms with van der Waals surface area (Å²) in [5, 5.41) is 3.39. The molecule has 1 N–H and O–H groups in total. The van der Waals surface area contributed by atoms with Crippen LogP contribution in [0.25, 0.3) is 0 Å². The number of hydrogen-bond acceptors (Lipinski definition) is 3. The summed E-state index contributed by atoms with van der Waals surface area (Å²) in [5.41, 5.74) is 1.21. The lowest BCUT2D eigenvalue weighted by Gasteiger charge is -2.13. The molecular formula is C15H25NO2. The molecule has 102 valence electrons. The quantitative estimate of drug-likeness (QED) is 0.719. The van der Waals surface area contributed by atoms with Gasteiger partial charge in [0.05, 0.1) is 13.7 Å². The van der Waals surface area contributed by atoms with Crippen LogP contribution in [0, 0.1) is 0 Å². The number of benzene rings is 1. The summed E-state index contributed by atoms with van der Waals surface area (Å²) in [6.45, 7) is 8.03. The SMILES string of the molecule is CCCCOc1ccc(CNC(C)C)cc1OC. The summed E-state index contributed by atoms with van der Waals surface area (Å²) in [7, 11) is 1.68. The first kappa shape index (κ1) is 14.8. The minimum absolute atomic E-state index is 0.483. The number of ether oxygens (including phenoxy) is 2. The van der Waals surface area contributed by atoms with Crippen LogP contribution in [0.15, 0.2) is 18.2 Å². The average molecular weight is 251 g/mol. The molecule has 0 atom stereocenters. The maximum atomic E-state index is 5.70. The van der Waals surface area contributed by atoms with Gasteiger partial charge in [-0.3, -0.25) is 0 Å². The molecule has 0 fully saturated rings. The fourth-order valence-corrected chi connectivity index (χ4v) is 1.59. The van der Waals surface area contributed by atoms with Gasteiger partial charge in [-0.05, 0) is 24.1 Å². The minimum atomic E-state index is 0.483. The third kappa shape index (κ3) is 4.96. The van der Waals surface area contributed by atoms with Crippen molar-refractivity contribution in [2.24, 2.45) is 0 Å². The van der Waals surface area contributed by atoms with E-state index in [0.717, 1.165) is 37.5 Å². The Bertz CT molecular complexity index is 350. The molecule has 3 nitrogen and oxygen atoms in total. The third-order valence-corrected chi connectivity index (χ3v) is 2.70. The zero-order valence-corrected chi connectivity index (χ0v) is 12.0. The number of hydrogen-bond donors (Lipinski definition) is 1. The number of rotatable bonds is 8. The molecule has 0 aliphatic rings. The first-order valence-corrected chi connectivity index (χ1v) is 6.70. The van der Waals surface area contributed by atoms with Gasteiger partial charge in [-0.25, -0.2) is 0 Å². The predicted molar refractivity (Wildman–Crippen MR) is 75.4 cm³/mol. The van der Waals surface area contributed by atoms with Crippen molar-refractivity contribution in [3.05, 3.63) is 23.8 Å². The van der Waals surface area contributed by atoms with Crippen molar-refractivity contribution in [1.82, 2.24) is 5.32 Å². The zero-order valence-electron chi connectivity index (χ0n) is 12.0. The molecule has 0 bridgehead atoms. The molecule has 1 aromatic carbocycles. The lowest BCUT2D eigenvalue weighted by molar-refractivity contribution is 0.288. The first-order valence-electron chi connectivity index (χ1n) is 6.70. The number of unbranched alkanes of at least 4 members (excludes halogenated alkanes) is 1. The van der Waals surface area contributed by atoms with E-state index in [1.54, 1.807) is 7.11 Å². The van der Waals surface area contributed by atoms with E-state index in [9.17, 15) is 0 Å². The molecule has 0 aliphatic heterocycles. The molecule has 0 heterocycles. The van der Waals surface area contributed by atoms with E-state index < -0.39 is 0 Å². The molecular weight excluding hydrogens is 226 g/mol. The van der Waals surface area contributed by atoms with E-state index >= 15 is 0 Å². The van der Waals surface area contributed by atoms with Gasteiger partial charge in [-0.2, -0.15) is 0 Å². The van der Waals surface area contributed by atoms with Crippen LogP contribution in [0.2, 0.25) is 0 Å². The highest BCUT2D eigenvalue weighted by Gasteiger charge is 2.05. The maximum absolute atomic E-state index is 5.70. The topological polar surface area (TPSA) is 30.5 Å². The summed E-state index contributed by atoms with van der Waals surface area (Å²) in [6.07, 6.45) is 2.21. The fourth-order valence-electron chi connectivity index (χ4n) is 1.59. The van der Waals surface area contributed by atoms with Crippen LogP contribution in [-0.2, 0) is 6.54 Å². The van der Waals surface area contributed by atoms with E-state index in [1.807, 2.05) is 12.1 Å². The first-order chi connectivity index (χ1) is 8.67. The summed E-state index contributed by atoms with van der Waals surface area (Å²) >= 11 is 0. The number of nitrogens with one attached hydrogen (secondary N) is 1. The third-order valence-electron chi connectivity index (χ3n) is 2.70. The molecule has 0 saturated heterocycles. The summed E-state index contributed by atoms with van der Waals surface area (Å²) in [5.74, 6) is 1.65. The van der Waals surface area contributed by atoms with Gasteiger partial charge in [-0.15, -0.1) is 0 Å². The Balaban J connectivity index is 2.64. The smallest absolute Gasteiger partial charge is 0.161 e. The lowest BCUT2D eigenvalue weighted by Crippen LogP contribution is -2.21. The van der Waals surface area contributed by atoms with Crippen molar-refractivity contribution >= 4 is 0 Å². The van der Waals surface area contributed by atoms with Gasteiger partial charge in [0.1, 0.15) is 0 Å². The van der Waals surface area contributed by atoms with Crippen LogP contribution < -0.4 is 14.8 Å².